The lowest BCUT2D eigenvalue weighted by molar-refractivity contribution is 1.28. The van der Waals surface area contributed by atoms with E-state index in [9.17, 15) is 0 Å². The summed E-state index contributed by atoms with van der Waals surface area (Å²) in [7, 11) is 0. The molecule has 3 rings (SSSR count). The standard InChI is InChI=1S/C14H12S2/c1-10-3-2-4-11(9-10)12-5-7-16-14(12)13-6-8-15-13/h2-9,13H,1H3. The molecule has 2 heterocycles. The van der Waals surface area contributed by atoms with Crippen LogP contribution in [0.15, 0.2) is 47.2 Å². The predicted octanol–water partition coefficient (Wildman–Crippen LogP) is 5.03. The van der Waals surface area contributed by atoms with Crippen LogP contribution in [-0.4, -0.2) is 0 Å². The van der Waals surface area contributed by atoms with E-state index >= 15 is 0 Å². The van der Waals surface area contributed by atoms with Gasteiger partial charge < -0.3 is 0 Å². The Labute approximate surface area is 104 Å². The number of hydrogen-bond donors (Lipinski definition) is 0. The number of thiophene rings is 1. The van der Waals surface area contributed by atoms with Crippen LogP contribution in [0.2, 0.25) is 0 Å². The number of rotatable bonds is 2. The second-order valence-electron chi connectivity index (χ2n) is 3.95. The lowest BCUT2D eigenvalue weighted by Gasteiger charge is -2.17. The maximum atomic E-state index is 2.27. The summed E-state index contributed by atoms with van der Waals surface area (Å²) >= 11 is 3.77. The lowest BCUT2D eigenvalue weighted by Crippen LogP contribution is -1.93. The van der Waals surface area contributed by atoms with Gasteiger partial charge in [-0.3, -0.25) is 0 Å². The summed E-state index contributed by atoms with van der Waals surface area (Å²) < 4.78 is 0. The van der Waals surface area contributed by atoms with Gasteiger partial charge in [-0.1, -0.05) is 35.9 Å². The SMILES string of the molecule is Cc1cccc(-c2ccsc2C2C=CS2)c1. The van der Waals surface area contributed by atoms with Crippen LogP contribution in [0.3, 0.4) is 0 Å². The quantitative estimate of drug-likeness (QED) is 0.714. The molecular formula is C14H12S2. The molecule has 1 aromatic carbocycles. The van der Waals surface area contributed by atoms with Crippen molar-refractivity contribution in [3.8, 4) is 11.1 Å². The normalized spacial score (nSPS) is 18.4. The number of hydrogen-bond acceptors (Lipinski definition) is 2. The molecule has 0 radical (unpaired) electrons. The topological polar surface area (TPSA) is 0 Å². The molecule has 2 heteroatoms. The van der Waals surface area contributed by atoms with Crippen molar-refractivity contribution in [1.29, 1.82) is 0 Å². The molecule has 16 heavy (non-hydrogen) atoms. The predicted molar refractivity (Wildman–Crippen MR) is 74.0 cm³/mol. The highest BCUT2D eigenvalue weighted by molar-refractivity contribution is 8.03. The molecule has 0 N–H and O–H groups in total. The molecule has 0 saturated carbocycles. The van der Waals surface area contributed by atoms with Crippen molar-refractivity contribution in [3.63, 3.8) is 0 Å². The molecule has 80 valence electrons. The van der Waals surface area contributed by atoms with Gasteiger partial charge >= 0.3 is 0 Å². The van der Waals surface area contributed by atoms with E-state index < -0.39 is 0 Å². The Hall–Kier alpha value is -0.990. The fourth-order valence-electron chi connectivity index (χ4n) is 1.90. The lowest BCUT2D eigenvalue weighted by atomic mass is 10.0. The van der Waals surface area contributed by atoms with Crippen molar-refractivity contribution in [2.45, 2.75) is 12.2 Å². The van der Waals surface area contributed by atoms with Gasteiger partial charge in [0.05, 0.1) is 5.25 Å². The van der Waals surface area contributed by atoms with Gasteiger partial charge in [0.15, 0.2) is 0 Å². The molecule has 2 aromatic rings. The maximum absolute atomic E-state index is 2.27. The van der Waals surface area contributed by atoms with Gasteiger partial charge in [-0.05, 0) is 34.9 Å². The van der Waals surface area contributed by atoms with Gasteiger partial charge in [0.25, 0.3) is 0 Å². The Balaban J connectivity index is 2.06. The van der Waals surface area contributed by atoms with E-state index in [4.69, 9.17) is 0 Å². The van der Waals surface area contributed by atoms with E-state index in [0.29, 0.717) is 5.25 Å². The minimum Gasteiger partial charge on any atom is -0.147 e. The first kappa shape index (κ1) is 10.2. The minimum absolute atomic E-state index is 0.579. The first-order chi connectivity index (χ1) is 7.84. The highest BCUT2D eigenvalue weighted by atomic mass is 32.2. The molecule has 0 nitrogen and oxygen atoms in total. The zero-order valence-corrected chi connectivity index (χ0v) is 10.6. The Kier molecular flexibility index (Phi) is 2.62. The molecule has 1 aliphatic heterocycles. The Morgan fingerprint density at radius 1 is 1.19 bits per heavy atom. The average Bonchev–Trinajstić information content (AvgIpc) is 2.64. The summed E-state index contributed by atoms with van der Waals surface area (Å²) in [5, 5.41) is 4.94. The van der Waals surface area contributed by atoms with Crippen molar-refractivity contribution < 1.29 is 0 Å². The molecule has 1 aromatic heterocycles. The van der Waals surface area contributed by atoms with Crippen molar-refractivity contribution in [1.82, 2.24) is 0 Å². The van der Waals surface area contributed by atoms with Gasteiger partial charge in [-0.15, -0.1) is 23.1 Å². The molecule has 0 spiro atoms. The summed E-state index contributed by atoms with van der Waals surface area (Å²) in [5.41, 5.74) is 4.07. The van der Waals surface area contributed by atoms with Crippen LogP contribution in [0.25, 0.3) is 11.1 Å². The first-order valence-electron chi connectivity index (χ1n) is 5.31. The van der Waals surface area contributed by atoms with Gasteiger partial charge in [0, 0.05) is 4.88 Å². The van der Waals surface area contributed by atoms with Gasteiger partial charge in [0.2, 0.25) is 0 Å². The Morgan fingerprint density at radius 2 is 2.06 bits per heavy atom. The van der Waals surface area contributed by atoms with Crippen molar-refractivity contribution in [2.75, 3.05) is 0 Å². The van der Waals surface area contributed by atoms with Gasteiger partial charge in [-0.2, -0.15) is 0 Å². The van der Waals surface area contributed by atoms with Crippen LogP contribution in [0.1, 0.15) is 15.7 Å². The third-order valence-corrected chi connectivity index (χ3v) is 4.91. The summed E-state index contributed by atoms with van der Waals surface area (Å²) in [6, 6.07) is 11.0. The summed E-state index contributed by atoms with van der Waals surface area (Å²) in [6.45, 7) is 2.15. The zero-order valence-electron chi connectivity index (χ0n) is 9.01. The molecule has 0 fully saturated rings. The Morgan fingerprint density at radius 3 is 2.75 bits per heavy atom. The highest BCUT2D eigenvalue weighted by Gasteiger charge is 2.19. The van der Waals surface area contributed by atoms with E-state index in [1.165, 1.54) is 21.6 Å². The van der Waals surface area contributed by atoms with E-state index in [0.717, 1.165) is 0 Å². The van der Waals surface area contributed by atoms with Crippen LogP contribution < -0.4 is 0 Å². The number of benzene rings is 1. The van der Waals surface area contributed by atoms with Crippen LogP contribution in [0.5, 0.6) is 0 Å². The fraction of sp³-hybridized carbons (Fsp3) is 0.143. The summed E-state index contributed by atoms with van der Waals surface area (Å²) in [6.07, 6.45) is 2.27. The largest absolute Gasteiger partial charge is 0.147 e. The average molecular weight is 244 g/mol. The van der Waals surface area contributed by atoms with E-state index in [-0.39, 0.29) is 0 Å². The molecule has 1 unspecified atom stereocenters. The molecule has 0 aliphatic carbocycles. The molecule has 0 bridgehead atoms. The van der Waals surface area contributed by atoms with E-state index in [1.54, 1.807) is 0 Å². The Bertz CT molecular complexity index is 537. The van der Waals surface area contributed by atoms with Gasteiger partial charge in [-0.25, -0.2) is 0 Å². The summed E-state index contributed by atoms with van der Waals surface area (Å²) in [5.74, 6) is 0. The third-order valence-electron chi connectivity index (χ3n) is 2.76. The zero-order chi connectivity index (χ0) is 11.0. The third kappa shape index (κ3) is 1.72. The maximum Gasteiger partial charge on any atom is 0.0626 e. The van der Waals surface area contributed by atoms with E-state index in [2.05, 4.69) is 54.1 Å². The molecular weight excluding hydrogens is 232 g/mol. The highest BCUT2D eigenvalue weighted by Crippen LogP contribution is 2.46. The van der Waals surface area contributed by atoms with Gasteiger partial charge in [0.1, 0.15) is 0 Å². The molecule has 0 amide bonds. The first-order valence-corrected chi connectivity index (χ1v) is 7.13. The van der Waals surface area contributed by atoms with Crippen LogP contribution in [0.4, 0.5) is 0 Å². The number of thioether (sulfide) groups is 1. The van der Waals surface area contributed by atoms with Crippen LogP contribution in [0, 0.1) is 6.92 Å². The van der Waals surface area contributed by atoms with Crippen LogP contribution in [-0.2, 0) is 0 Å². The number of aryl methyl sites for hydroxylation is 1. The smallest absolute Gasteiger partial charge is 0.0626 e. The molecule has 1 atom stereocenters. The molecule has 0 saturated heterocycles. The molecule has 1 aliphatic rings. The fourth-order valence-corrected chi connectivity index (χ4v) is 3.67. The van der Waals surface area contributed by atoms with Crippen molar-refractivity contribution in [2.24, 2.45) is 0 Å². The second kappa shape index (κ2) is 4.11. The van der Waals surface area contributed by atoms with Crippen molar-refractivity contribution >= 4 is 23.1 Å². The van der Waals surface area contributed by atoms with Crippen LogP contribution >= 0.6 is 23.1 Å². The minimum atomic E-state index is 0.579. The van der Waals surface area contributed by atoms with E-state index in [1.807, 2.05) is 23.1 Å². The summed E-state index contributed by atoms with van der Waals surface area (Å²) in [4.78, 5) is 1.48. The second-order valence-corrected chi connectivity index (χ2v) is 5.95. The van der Waals surface area contributed by atoms with Crippen molar-refractivity contribution in [3.05, 3.63) is 57.6 Å². The monoisotopic (exact) mass is 244 g/mol.